The Morgan fingerprint density at radius 3 is 2.18 bits per heavy atom. The minimum atomic E-state index is 0. The molecule has 0 spiro atoms. The second-order valence-corrected chi connectivity index (χ2v) is 17.7. The molecule has 1 fully saturated rings. The molecule has 51 heavy (non-hydrogen) atoms. The Hall–Kier alpha value is -2.55. The van der Waals surface area contributed by atoms with Crippen molar-refractivity contribution in [3.05, 3.63) is 89.3 Å². The van der Waals surface area contributed by atoms with Crippen LogP contribution in [0.4, 0.5) is 0 Å². The predicted octanol–water partition coefficient (Wildman–Crippen LogP) is 13.0. The Kier molecular flexibility index (Phi) is 14.5. The maximum Gasteiger partial charge on any atom is 0 e. The summed E-state index contributed by atoms with van der Waals surface area (Å²) >= 11 is 0.264. The number of aromatic nitrogens is 1. The van der Waals surface area contributed by atoms with E-state index in [1.54, 1.807) is 15.4 Å². The second-order valence-electron chi connectivity index (χ2n) is 15.6. The van der Waals surface area contributed by atoms with Crippen molar-refractivity contribution >= 4 is 50.4 Å². The first-order valence-corrected chi connectivity index (χ1v) is 20.8. The van der Waals surface area contributed by atoms with Crippen molar-refractivity contribution in [2.75, 3.05) is 0 Å². The number of aliphatic hydroxyl groups is 1. The number of allylic oxidation sites excluding steroid dienone is 2. The van der Waals surface area contributed by atoms with Gasteiger partial charge >= 0.3 is 216 Å². The fraction of sp³-hybridized carbons (Fsp3) is 0.478. The van der Waals surface area contributed by atoms with Gasteiger partial charge in [-0.15, -0.1) is 0 Å². The Bertz CT molecular complexity index is 1970. The first-order chi connectivity index (χ1) is 23.9. The summed E-state index contributed by atoms with van der Waals surface area (Å²) in [6.07, 6.45) is 12.2. The number of aryl methyl sites for hydroxylation is 1. The quantitative estimate of drug-likeness (QED) is 0.0657. The Morgan fingerprint density at radius 2 is 1.55 bits per heavy atom. The number of carbonyl (C=O) groups excluding carboxylic acids is 1. The number of hydrogen-bond donors (Lipinski definition) is 1. The summed E-state index contributed by atoms with van der Waals surface area (Å²) in [6.45, 7) is 19.9. The summed E-state index contributed by atoms with van der Waals surface area (Å²) in [6, 6.07) is 21.8. The predicted molar refractivity (Wildman–Crippen MR) is 216 cm³/mol. The standard InChI is InChI=1S/C33H34NSe.C13H24O2.Ir/c1-20(2)29-19-24(18-23-8-6-7-9-26(23)29)30-32-28(14-17-34-30)27-11-10-25(21(3)31(27)35-32)22-12-15-33(4,5)16-13-22;1-5-10(6-2)12(14)9-13(15)11(7-3)8-4;/h6-11,14,17,19-20,22H,12-13,15-16H2,1-5H3;9-11,14H,5-8H2,1-4H3;/q-1;;/b;12-9-;. The van der Waals surface area contributed by atoms with E-state index in [2.05, 4.69) is 89.2 Å². The van der Waals surface area contributed by atoms with Gasteiger partial charge in [-0.05, 0) is 25.7 Å². The maximum atomic E-state index is 11.7. The third-order valence-corrected chi connectivity index (χ3v) is 14.2. The number of carbonyl (C=O) groups is 1. The van der Waals surface area contributed by atoms with E-state index >= 15 is 0 Å². The fourth-order valence-electron chi connectivity index (χ4n) is 7.90. The van der Waals surface area contributed by atoms with Crippen LogP contribution in [-0.2, 0) is 24.9 Å². The van der Waals surface area contributed by atoms with Gasteiger partial charge in [-0.2, -0.15) is 0 Å². The summed E-state index contributed by atoms with van der Waals surface area (Å²) in [5, 5.41) is 15.1. The van der Waals surface area contributed by atoms with E-state index in [4.69, 9.17) is 4.98 Å². The molecule has 0 bridgehead atoms. The molecule has 1 radical (unpaired) electrons. The molecular formula is C46H58IrNO2Se-. The Labute approximate surface area is 326 Å². The molecule has 2 heterocycles. The van der Waals surface area contributed by atoms with Crippen LogP contribution in [0.1, 0.15) is 135 Å². The van der Waals surface area contributed by atoms with Gasteiger partial charge in [0.1, 0.15) is 0 Å². The first-order valence-electron chi connectivity index (χ1n) is 19.1. The van der Waals surface area contributed by atoms with Crippen molar-refractivity contribution in [1.29, 1.82) is 0 Å². The van der Waals surface area contributed by atoms with Crippen molar-refractivity contribution in [2.24, 2.45) is 17.3 Å². The molecule has 3 aromatic carbocycles. The molecule has 1 aliphatic rings. The molecule has 1 saturated carbocycles. The van der Waals surface area contributed by atoms with Crippen LogP contribution in [0, 0.1) is 30.2 Å². The van der Waals surface area contributed by atoms with E-state index in [9.17, 15) is 9.90 Å². The monoisotopic (exact) mass is 929 g/mol. The number of hydrogen-bond acceptors (Lipinski definition) is 3. The van der Waals surface area contributed by atoms with Crippen LogP contribution in [0.2, 0.25) is 0 Å². The third kappa shape index (κ3) is 9.16. The van der Waals surface area contributed by atoms with Gasteiger partial charge in [0.25, 0.3) is 0 Å². The zero-order valence-electron chi connectivity index (χ0n) is 32.3. The van der Waals surface area contributed by atoms with Crippen LogP contribution in [0.15, 0.2) is 66.6 Å². The van der Waals surface area contributed by atoms with E-state index in [1.165, 1.54) is 63.1 Å². The molecule has 6 rings (SSSR count). The normalized spacial score (nSPS) is 15.1. The van der Waals surface area contributed by atoms with Gasteiger partial charge in [-0.1, -0.05) is 27.7 Å². The average Bonchev–Trinajstić information content (AvgIpc) is 3.49. The molecule has 5 heteroatoms. The minimum absolute atomic E-state index is 0. The molecule has 0 amide bonds. The summed E-state index contributed by atoms with van der Waals surface area (Å²) in [5.41, 5.74) is 7.31. The number of aliphatic hydroxyl groups excluding tert-OH is 1. The zero-order chi connectivity index (χ0) is 36.2. The molecule has 0 unspecified atom stereocenters. The fourth-order valence-corrected chi connectivity index (χ4v) is 10.7. The molecule has 0 aliphatic heterocycles. The van der Waals surface area contributed by atoms with Crippen LogP contribution < -0.4 is 0 Å². The van der Waals surface area contributed by atoms with Crippen molar-refractivity contribution in [1.82, 2.24) is 4.98 Å². The molecule has 1 aliphatic carbocycles. The number of benzene rings is 3. The average molecular weight is 928 g/mol. The topological polar surface area (TPSA) is 50.2 Å². The van der Waals surface area contributed by atoms with Crippen molar-refractivity contribution < 1.29 is 30.0 Å². The summed E-state index contributed by atoms with van der Waals surface area (Å²) in [5.74, 6) is 1.72. The SMILES string of the molecule is CCC(CC)C(=O)/C=C(\O)C(CC)CC.Cc1c(C2CCC(C)(C)CC2)ccc2c1[se]c1c(-c3[c-]c4ccccc4c(C(C)C)c3)nccc12.[Ir]. The number of fused-ring (bicyclic) bond motifs is 4. The van der Waals surface area contributed by atoms with Gasteiger partial charge in [0.2, 0.25) is 0 Å². The number of ketones is 1. The van der Waals surface area contributed by atoms with Crippen LogP contribution in [-0.4, -0.2) is 30.4 Å². The molecule has 0 saturated heterocycles. The summed E-state index contributed by atoms with van der Waals surface area (Å²) in [7, 11) is 0. The maximum absolute atomic E-state index is 11.7. The summed E-state index contributed by atoms with van der Waals surface area (Å²) in [4.78, 5) is 16.7. The first kappa shape index (κ1) is 41.2. The van der Waals surface area contributed by atoms with Gasteiger partial charge in [-0.3, -0.25) is 4.79 Å². The summed E-state index contributed by atoms with van der Waals surface area (Å²) < 4.78 is 3.01. The molecule has 3 nitrogen and oxygen atoms in total. The van der Waals surface area contributed by atoms with Crippen LogP contribution in [0.3, 0.4) is 0 Å². The Morgan fingerprint density at radius 1 is 0.922 bits per heavy atom. The van der Waals surface area contributed by atoms with E-state index < -0.39 is 0 Å². The van der Waals surface area contributed by atoms with E-state index in [0.29, 0.717) is 17.3 Å². The van der Waals surface area contributed by atoms with Crippen molar-refractivity contribution in [2.45, 2.75) is 126 Å². The van der Waals surface area contributed by atoms with Crippen LogP contribution in [0.5, 0.6) is 0 Å². The zero-order valence-corrected chi connectivity index (χ0v) is 36.4. The van der Waals surface area contributed by atoms with E-state index in [0.717, 1.165) is 36.9 Å². The Balaban J connectivity index is 0.000000312. The molecular weight excluding hydrogens is 870 g/mol. The van der Waals surface area contributed by atoms with Gasteiger partial charge in [0.05, 0.1) is 5.76 Å². The number of rotatable bonds is 10. The van der Waals surface area contributed by atoms with Crippen LogP contribution in [0.25, 0.3) is 41.3 Å². The molecule has 2 aromatic heterocycles. The van der Waals surface area contributed by atoms with Gasteiger partial charge in [-0.25, -0.2) is 0 Å². The second kappa shape index (κ2) is 18.0. The molecule has 0 atom stereocenters. The van der Waals surface area contributed by atoms with Crippen molar-refractivity contribution in [3.63, 3.8) is 0 Å². The van der Waals surface area contributed by atoms with E-state index in [-0.39, 0.29) is 58.0 Å². The minimum Gasteiger partial charge on any atom is 0 e. The molecule has 1 N–H and O–H groups in total. The third-order valence-electron chi connectivity index (χ3n) is 11.4. The molecule has 5 aromatic rings. The van der Waals surface area contributed by atoms with Crippen molar-refractivity contribution in [3.8, 4) is 11.3 Å². The molecule has 275 valence electrons. The number of pyridine rings is 1. The smallest absolute Gasteiger partial charge is 0 e. The van der Waals surface area contributed by atoms with Gasteiger partial charge in [0, 0.05) is 38.0 Å². The van der Waals surface area contributed by atoms with Crippen LogP contribution >= 0.6 is 0 Å². The number of nitrogens with zero attached hydrogens (tertiary/aromatic N) is 1. The largest absolute Gasteiger partial charge is 0 e. The van der Waals surface area contributed by atoms with E-state index in [1.807, 2.05) is 33.9 Å². The van der Waals surface area contributed by atoms with Gasteiger partial charge < -0.3 is 5.11 Å². The van der Waals surface area contributed by atoms with Gasteiger partial charge in [0.15, 0.2) is 5.78 Å².